The summed E-state index contributed by atoms with van der Waals surface area (Å²) in [4.78, 5) is 40.4. The fraction of sp³-hybridized carbons (Fsp3) is 0.250. The van der Waals surface area contributed by atoms with Gasteiger partial charge in [-0.15, -0.1) is 0 Å². The minimum absolute atomic E-state index is 0.195. The summed E-state index contributed by atoms with van der Waals surface area (Å²) in [5, 5.41) is 3.74. The largest absolute Gasteiger partial charge is 0.324 e. The van der Waals surface area contributed by atoms with Crippen LogP contribution in [0, 0.1) is 0 Å². The molecule has 1 fully saturated rings. The standard InChI is InChI=1S/C16H13N3O3/c1-19-14(21)16(18-15(19)22)6-10-4-9-2-3-12(8-20)17-13(9)5-11(10)7-16/h2-5,8H,6-7H2,1H3,(H,18,22). The molecule has 0 radical (unpaired) electrons. The Balaban J connectivity index is 1.81. The summed E-state index contributed by atoms with van der Waals surface area (Å²) >= 11 is 0. The molecule has 1 atom stereocenters. The van der Waals surface area contributed by atoms with Crippen LogP contribution in [-0.2, 0) is 17.6 Å². The number of nitrogens with zero attached hydrogens (tertiary/aromatic N) is 2. The number of imide groups is 1. The highest BCUT2D eigenvalue weighted by atomic mass is 16.2. The molecule has 1 spiro atoms. The van der Waals surface area contributed by atoms with E-state index in [1.165, 1.54) is 7.05 Å². The van der Waals surface area contributed by atoms with Gasteiger partial charge >= 0.3 is 6.03 Å². The fourth-order valence-corrected chi connectivity index (χ4v) is 3.38. The molecule has 1 aromatic heterocycles. The van der Waals surface area contributed by atoms with Crippen molar-refractivity contribution >= 4 is 29.1 Å². The van der Waals surface area contributed by atoms with Gasteiger partial charge in [-0.2, -0.15) is 0 Å². The van der Waals surface area contributed by atoms with E-state index in [1.807, 2.05) is 18.2 Å². The topological polar surface area (TPSA) is 79.4 Å². The molecule has 1 unspecified atom stereocenters. The second kappa shape index (κ2) is 4.13. The molecular weight excluding hydrogens is 282 g/mol. The minimum atomic E-state index is -0.862. The Morgan fingerprint density at radius 1 is 1.23 bits per heavy atom. The zero-order chi connectivity index (χ0) is 15.5. The Morgan fingerprint density at radius 3 is 2.59 bits per heavy atom. The molecule has 2 aromatic rings. The maximum Gasteiger partial charge on any atom is 0.324 e. The average molecular weight is 295 g/mol. The third-order valence-corrected chi connectivity index (χ3v) is 4.50. The van der Waals surface area contributed by atoms with E-state index in [2.05, 4.69) is 10.3 Å². The van der Waals surface area contributed by atoms with Crippen LogP contribution in [-0.4, -0.2) is 40.7 Å². The highest BCUT2D eigenvalue weighted by Crippen LogP contribution is 2.36. The highest BCUT2D eigenvalue weighted by molar-refractivity contribution is 6.07. The predicted octanol–water partition coefficient (Wildman–Crippen LogP) is 1.07. The van der Waals surface area contributed by atoms with E-state index in [9.17, 15) is 14.4 Å². The van der Waals surface area contributed by atoms with E-state index in [-0.39, 0.29) is 11.9 Å². The van der Waals surface area contributed by atoms with Gasteiger partial charge in [0, 0.05) is 25.3 Å². The number of hydrogen-bond donors (Lipinski definition) is 1. The number of hydrogen-bond acceptors (Lipinski definition) is 4. The first-order valence-corrected chi connectivity index (χ1v) is 7.00. The number of urea groups is 1. The quantitative estimate of drug-likeness (QED) is 0.630. The molecule has 1 aliphatic carbocycles. The minimum Gasteiger partial charge on any atom is -0.322 e. The van der Waals surface area contributed by atoms with E-state index in [0.717, 1.165) is 26.9 Å². The van der Waals surface area contributed by atoms with Crippen molar-refractivity contribution in [3.05, 3.63) is 41.1 Å². The zero-order valence-corrected chi connectivity index (χ0v) is 11.9. The average Bonchev–Trinajstić information content (AvgIpc) is 2.96. The van der Waals surface area contributed by atoms with Gasteiger partial charge in [0.25, 0.3) is 5.91 Å². The third-order valence-electron chi connectivity index (χ3n) is 4.50. The predicted molar refractivity (Wildman–Crippen MR) is 78.6 cm³/mol. The number of amides is 3. The number of pyridine rings is 1. The number of carbonyl (C=O) groups is 3. The molecule has 2 aliphatic rings. The Morgan fingerprint density at radius 2 is 1.95 bits per heavy atom. The van der Waals surface area contributed by atoms with Crippen LogP contribution < -0.4 is 5.32 Å². The van der Waals surface area contributed by atoms with Gasteiger partial charge in [-0.1, -0.05) is 6.07 Å². The van der Waals surface area contributed by atoms with E-state index >= 15 is 0 Å². The maximum atomic E-state index is 12.4. The summed E-state index contributed by atoms with van der Waals surface area (Å²) in [5.41, 5.74) is 2.28. The molecular formula is C16H13N3O3. The summed E-state index contributed by atoms with van der Waals surface area (Å²) in [6.07, 6.45) is 1.66. The molecule has 6 heteroatoms. The number of carbonyl (C=O) groups excluding carboxylic acids is 3. The van der Waals surface area contributed by atoms with Crippen LogP contribution in [0.4, 0.5) is 4.79 Å². The molecule has 4 rings (SSSR count). The molecule has 1 aromatic carbocycles. The Hall–Kier alpha value is -2.76. The van der Waals surface area contributed by atoms with Crippen LogP contribution in [0.3, 0.4) is 0 Å². The summed E-state index contributed by atoms with van der Waals surface area (Å²) in [7, 11) is 1.49. The summed E-state index contributed by atoms with van der Waals surface area (Å²) < 4.78 is 0. The third kappa shape index (κ3) is 1.60. The summed E-state index contributed by atoms with van der Waals surface area (Å²) in [5.74, 6) is -0.195. The van der Waals surface area contributed by atoms with Crippen LogP contribution in [0.15, 0.2) is 24.3 Å². The van der Waals surface area contributed by atoms with Crippen molar-refractivity contribution in [3.8, 4) is 0 Å². The number of fused-ring (bicyclic) bond motifs is 2. The maximum absolute atomic E-state index is 12.4. The first-order chi connectivity index (χ1) is 10.5. The van der Waals surface area contributed by atoms with E-state index in [1.54, 1.807) is 6.07 Å². The first-order valence-electron chi connectivity index (χ1n) is 7.00. The number of aldehydes is 1. The van der Waals surface area contributed by atoms with Crippen LogP contribution >= 0.6 is 0 Å². The molecule has 1 aliphatic heterocycles. The summed E-state index contributed by atoms with van der Waals surface area (Å²) in [6, 6.07) is 7.05. The van der Waals surface area contributed by atoms with E-state index in [0.29, 0.717) is 24.8 Å². The molecule has 1 saturated heterocycles. The van der Waals surface area contributed by atoms with Crippen molar-refractivity contribution < 1.29 is 14.4 Å². The van der Waals surface area contributed by atoms with E-state index in [4.69, 9.17) is 0 Å². The van der Waals surface area contributed by atoms with Crippen molar-refractivity contribution in [3.63, 3.8) is 0 Å². The van der Waals surface area contributed by atoms with Gasteiger partial charge in [-0.25, -0.2) is 9.78 Å². The zero-order valence-electron chi connectivity index (χ0n) is 11.9. The van der Waals surface area contributed by atoms with Gasteiger partial charge in [0.05, 0.1) is 5.52 Å². The molecule has 1 N–H and O–H groups in total. The van der Waals surface area contributed by atoms with Gasteiger partial charge in [-0.3, -0.25) is 14.5 Å². The second-order valence-corrected chi connectivity index (χ2v) is 5.90. The SMILES string of the molecule is CN1C(=O)NC2(Cc3cc4ccc(C=O)nc4cc3C2)C1=O. The molecule has 6 nitrogen and oxygen atoms in total. The highest BCUT2D eigenvalue weighted by Gasteiger charge is 2.52. The number of aromatic nitrogens is 1. The van der Waals surface area contributed by atoms with Gasteiger partial charge in [0.1, 0.15) is 11.2 Å². The Bertz CT molecular complexity index is 861. The molecule has 0 bridgehead atoms. The molecule has 0 saturated carbocycles. The van der Waals surface area contributed by atoms with Crippen LogP contribution in [0.5, 0.6) is 0 Å². The Labute approximate surface area is 126 Å². The number of nitrogens with one attached hydrogen (secondary N) is 1. The monoisotopic (exact) mass is 295 g/mol. The van der Waals surface area contributed by atoms with Crippen molar-refractivity contribution in [2.24, 2.45) is 0 Å². The number of benzene rings is 1. The number of rotatable bonds is 1. The van der Waals surface area contributed by atoms with Gasteiger partial charge in [0.2, 0.25) is 0 Å². The van der Waals surface area contributed by atoms with Crippen LogP contribution in [0.1, 0.15) is 21.6 Å². The normalized spacial score (nSPS) is 23.2. The van der Waals surface area contributed by atoms with E-state index < -0.39 is 5.54 Å². The number of likely N-dealkylation sites (N-methyl/N-ethyl adjacent to an activating group) is 1. The van der Waals surface area contributed by atoms with Gasteiger partial charge in [-0.05, 0) is 29.3 Å². The lowest BCUT2D eigenvalue weighted by Crippen LogP contribution is -2.47. The molecule has 2 heterocycles. The first kappa shape index (κ1) is 12.9. The lowest BCUT2D eigenvalue weighted by atomic mass is 9.96. The molecule has 22 heavy (non-hydrogen) atoms. The summed E-state index contributed by atoms with van der Waals surface area (Å²) in [6.45, 7) is 0. The fourth-order valence-electron chi connectivity index (χ4n) is 3.38. The van der Waals surface area contributed by atoms with Crippen LogP contribution in [0.25, 0.3) is 10.9 Å². The lowest BCUT2D eigenvalue weighted by Gasteiger charge is -2.19. The van der Waals surface area contributed by atoms with Crippen LogP contribution in [0.2, 0.25) is 0 Å². The van der Waals surface area contributed by atoms with Crippen molar-refractivity contribution in [2.75, 3.05) is 7.05 Å². The lowest BCUT2D eigenvalue weighted by molar-refractivity contribution is -0.130. The van der Waals surface area contributed by atoms with Crippen molar-refractivity contribution in [1.29, 1.82) is 0 Å². The Kier molecular flexibility index (Phi) is 2.43. The molecule has 3 amide bonds. The van der Waals surface area contributed by atoms with Gasteiger partial charge in [0.15, 0.2) is 6.29 Å². The smallest absolute Gasteiger partial charge is 0.322 e. The van der Waals surface area contributed by atoms with Gasteiger partial charge < -0.3 is 5.32 Å². The molecule has 110 valence electrons. The second-order valence-electron chi connectivity index (χ2n) is 5.90. The van der Waals surface area contributed by atoms with Crippen molar-refractivity contribution in [2.45, 2.75) is 18.4 Å². The van der Waals surface area contributed by atoms with Crippen molar-refractivity contribution in [1.82, 2.24) is 15.2 Å².